The zero-order valence-electron chi connectivity index (χ0n) is 16.4. The second kappa shape index (κ2) is 7.36. The van der Waals surface area contributed by atoms with Crippen LogP contribution in [-0.2, 0) is 17.6 Å². The van der Waals surface area contributed by atoms with Crippen LogP contribution in [0.4, 0.5) is 5.95 Å². The van der Waals surface area contributed by atoms with Crippen LogP contribution in [0.3, 0.4) is 0 Å². The smallest absolute Gasteiger partial charge is 0.226 e. The van der Waals surface area contributed by atoms with Crippen molar-refractivity contribution in [3.05, 3.63) is 29.0 Å². The fourth-order valence-corrected chi connectivity index (χ4v) is 4.92. The van der Waals surface area contributed by atoms with Crippen molar-refractivity contribution >= 4 is 16.9 Å². The van der Waals surface area contributed by atoms with Crippen LogP contribution >= 0.6 is 0 Å². The maximum Gasteiger partial charge on any atom is 0.226 e. The highest BCUT2D eigenvalue weighted by atomic mass is 16.5. The first-order valence-corrected chi connectivity index (χ1v) is 10.7. The molecule has 0 N–H and O–H groups in total. The van der Waals surface area contributed by atoms with Gasteiger partial charge in [0.1, 0.15) is 0 Å². The van der Waals surface area contributed by atoms with Crippen molar-refractivity contribution in [2.24, 2.45) is 0 Å². The number of hydrogen-bond donors (Lipinski definition) is 0. The van der Waals surface area contributed by atoms with E-state index in [1.807, 2.05) is 0 Å². The Labute approximate surface area is 161 Å². The van der Waals surface area contributed by atoms with E-state index in [2.05, 4.69) is 28.9 Å². The van der Waals surface area contributed by atoms with Crippen molar-refractivity contribution in [1.82, 2.24) is 14.9 Å². The monoisotopic (exact) mass is 366 g/mol. The Morgan fingerprint density at radius 2 is 1.81 bits per heavy atom. The third-order valence-corrected chi connectivity index (χ3v) is 6.38. The molecule has 1 aromatic heterocycles. The van der Waals surface area contributed by atoms with Crippen LogP contribution < -0.4 is 4.90 Å². The number of anilines is 1. The summed E-state index contributed by atoms with van der Waals surface area (Å²) in [6.07, 6.45) is 7.62. The molecule has 5 heteroatoms. The zero-order chi connectivity index (χ0) is 18.2. The number of ether oxygens (including phenoxy) is 1. The highest BCUT2D eigenvalue weighted by Crippen LogP contribution is 2.29. The number of aryl methyl sites for hydroxylation is 3. The summed E-state index contributed by atoms with van der Waals surface area (Å²) >= 11 is 0. The molecule has 144 valence electrons. The zero-order valence-corrected chi connectivity index (χ0v) is 16.4. The van der Waals surface area contributed by atoms with E-state index in [0.717, 1.165) is 49.8 Å². The van der Waals surface area contributed by atoms with E-state index in [9.17, 15) is 0 Å². The Hall–Kier alpha value is -1.72. The van der Waals surface area contributed by atoms with Crippen LogP contribution in [0.1, 0.15) is 42.5 Å². The molecule has 2 fully saturated rings. The molecule has 1 aliphatic carbocycles. The molecule has 1 atom stereocenters. The average molecular weight is 367 g/mol. The third-order valence-electron chi connectivity index (χ3n) is 6.38. The van der Waals surface area contributed by atoms with E-state index < -0.39 is 0 Å². The minimum atomic E-state index is 0.255. The Morgan fingerprint density at radius 3 is 2.67 bits per heavy atom. The van der Waals surface area contributed by atoms with Crippen LogP contribution in [-0.4, -0.2) is 60.3 Å². The summed E-state index contributed by atoms with van der Waals surface area (Å²) in [4.78, 5) is 14.8. The quantitative estimate of drug-likeness (QED) is 0.835. The van der Waals surface area contributed by atoms with E-state index >= 15 is 0 Å². The van der Waals surface area contributed by atoms with E-state index in [0.29, 0.717) is 0 Å². The number of hydrogen-bond acceptors (Lipinski definition) is 5. The van der Waals surface area contributed by atoms with Gasteiger partial charge in [0, 0.05) is 31.6 Å². The average Bonchev–Trinajstić information content (AvgIpc) is 3.28. The van der Waals surface area contributed by atoms with Crippen molar-refractivity contribution in [2.45, 2.75) is 51.6 Å². The van der Waals surface area contributed by atoms with Crippen molar-refractivity contribution in [1.29, 1.82) is 0 Å². The van der Waals surface area contributed by atoms with Crippen LogP contribution in [0, 0.1) is 6.92 Å². The van der Waals surface area contributed by atoms with Gasteiger partial charge in [-0.2, -0.15) is 0 Å². The van der Waals surface area contributed by atoms with Crippen molar-refractivity contribution in [2.75, 3.05) is 44.2 Å². The summed E-state index contributed by atoms with van der Waals surface area (Å²) in [5.41, 5.74) is 5.19. The minimum Gasteiger partial charge on any atom is -0.375 e. The van der Waals surface area contributed by atoms with Gasteiger partial charge in [-0.15, -0.1) is 0 Å². The number of rotatable bonds is 3. The second-order valence-corrected chi connectivity index (χ2v) is 8.40. The van der Waals surface area contributed by atoms with Gasteiger partial charge in [-0.3, -0.25) is 0 Å². The van der Waals surface area contributed by atoms with E-state index in [-0.39, 0.29) is 6.10 Å². The number of aromatic nitrogens is 2. The second-order valence-electron chi connectivity index (χ2n) is 8.40. The summed E-state index contributed by atoms with van der Waals surface area (Å²) in [5.74, 6) is 0.884. The van der Waals surface area contributed by atoms with Gasteiger partial charge >= 0.3 is 0 Å². The first kappa shape index (κ1) is 17.4. The molecule has 0 spiro atoms. The summed E-state index contributed by atoms with van der Waals surface area (Å²) in [7, 11) is 0. The first-order chi connectivity index (χ1) is 13.3. The van der Waals surface area contributed by atoms with Crippen LogP contribution in [0.15, 0.2) is 12.1 Å². The molecule has 3 heterocycles. The molecule has 27 heavy (non-hydrogen) atoms. The van der Waals surface area contributed by atoms with E-state index in [4.69, 9.17) is 14.7 Å². The molecule has 0 amide bonds. The van der Waals surface area contributed by atoms with Crippen molar-refractivity contribution in [3.63, 3.8) is 0 Å². The van der Waals surface area contributed by atoms with Crippen LogP contribution in [0.25, 0.3) is 10.9 Å². The van der Waals surface area contributed by atoms with Gasteiger partial charge in [0.25, 0.3) is 0 Å². The molecule has 2 saturated heterocycles. The molecule has 2 aromatic rings. The molecule has 5 nitrogen and oxygen atoms in total. The molecule has 0 radical (unpaired) electrons. The molecular formula is C22H30N4O. The van der Waals surface area contributed by atoms with Gasteiger partial charge in [-0.25, -0.2) is 9.97 Å². The lowest BCUT2D eigenvalue weighted by atomic mass is 10.1. The van der Waals surface area contributed by atoms with E-state index in [1.54, 1.807) is 0 Å². The topological polar surface area (TPSA) is 41.5 Å². The lowest BCUT2D eigenvalue weighted by Gasteiger charge is -2.27. The van der Waals surface area contributed by atoms with Gasteiger partial charge in [0.15, 0.2) is 0 Å². The Bertz CT molecular complexity index is 831. The molecule has 0 saturated carbocycles. The van der Waals surface area contributed by atoms with Gasteiger partial charge in [-0.1, -0.05) is 0 Å². The standard InChI is InChI=1S/C22H30N4O/c1-16-20-12-17-6-4-7-18(17)13-21(20)24-22(23-16)26-10-5-11-27-19(15-26)14-25-8-2-3-9-25/h12-13,19H,2-11,14-15H2,1H3/t19-/m1/s1. The first-order valence-electron chi connectivity index (χ1n) is 10.7. The fourth-order valence-electron chi connectivity index (χ4n) is 4.92. The lowest BCUT2D eigenvalue weighted by Crippen LogP contribution is -2.40. The third kappa shape index (κ3) is 3.55. The highest BCUT2D eigenvalue weighted by Gasteiger charge is 2.25. The number of nitrogens with zero attached hydrogens (tertiary/aromatic N) is 4. The summed E-state index contributed by atoms with van der Waals surface area (Å²) < 4.78 is 6.16. The Kier molecular flexibility index (Phi) is 4.74. The number of benzene rings is 1. The van der Waals surface area contributed by atoms with Gasteiger partial charge in [-0.05, 0) is 81.8 Å². The predicted molar refractivity (Wildman–Crippen MR) is 109 cm³/mol. The summed E-state index contributed by atoms with van der Waals surface area (Å²) in [5, 5.41) is 1.22. The van der Waals surface area contributed by atoms with Crippen LogP contribution in [0.2, 0.25) is 0 Å². The highest BCUT2D eigenvalue weighted by molar-refractivity contribution is 5.84. The SMILES string of the molecule is Cc1nc(N2CCCO[C@H](CN3CCCC3)C2)nc2cc3c(cc12)CCC3. The Morgan fingerprint density at radius 1 is 1.00 bits per heavy atom. The molecular weight excluding hydrogens is 336 g/mol. The fraction of sp³-hybridized carbons (Fsp3) is 0.636. The molecule has 0 unspecified atom stereocenters. The number of likely N-dealkylation sites (tertiary alicyclic amines) is 1. The normalized spacial score (nSPS) is 23.7. The van der Waals surface area contributed by atoms with Crippen LogP contribution in [0.5, 0.6) is 0 Å². The maximum absolute atomic E-state index is 6.16. The Balaban J connectivity index is 1.41. The molecule has 5 rings (SSSR count). The lowest BCUT2D eigenvalue weighted by molar-refractivity contribution is 0.0450. The predicted octanol–water partition coefficient (Wildman–Crippen LogP) is 3.12. The van der Waals surface area contributed by atoms with Gasteiger partial charge in [0.05, 0.1) is 17.3 Å². The molecule has 2 aliphatic heterocycles. The molecule has 3 aliphatic rings. The van der Waals surface area contributed by atoms with Gasteiger partial charge < -0.3 is 14.5 Å². The summed E-state index contributed by atoms with van der Waals surface area (Å²) in [6, 6.07) is 4.64. The van der Waals surface area contributed by atoms with Crippen molar-refractivity contribution in [3.8, 4) is 0 Å². The van der Waals surface area contributed by atoms with Crippen molar-refractivity contribution < 1.29 is 4.74 Å². The minimum absolute atomic E-state index is 0.255. The number of fused-ring (bicyclic) bond motifs is 2. The molecule has 1 aromatic carbocycles. The molecule has 0 bridgehead atoms. The van der Waals surface area contributed by atoms with Gasteiger partial charge in [0.2, 0.25) is 5.95 Å². The largest absolute Gasteiger partial charge is 0.375 e. The van der Waals surface area contributed by atoms with E-state index in [1.165, 1.54) is 61.7 Å². The summed E-state index contributed by atoms with van der Waals surface area (Å²) in [6.45, 7) is 8.32. The maximum atomic E-state index is 6.16.